The van der Waals surface area contributed by atoms with E-state index < -0.39 is 0 Å². The van der Waals surface area contributed by atoms with Crippen molar-refractivity contribution in [2.24, 2.45) is 0 Å². The maximum Gasteiger partial charge on any atom is 0.0623 e. The Labute approximate surface area is 98.1 Å². The lowest BCUT2D eigenvalue weighted by Crippen LogP contribution is -1.99. The minimum absolute atomic E-state index is 0.359. The molecule has 1 aromatic heterocycles. The summed E-state index contributed by atoms with van der Waals surface area (Å²) in [7, 11) is 0. The van der Waals surface area contributed by atoms with Crippen LogP contribution in [0.5, 0.6) is 0 Å². The first-order valence-electron chi connectivity index (χ1n) is 6.59. The Morgan fingerprint density at radius 2 is 1.44 bits per heavy atom. The molecule has 0 amide bonds. The second-order valence-electron chi connectivity index (χ2n) is 4.35. The van der Waals surface area contributed by atoms with Gasteiger partial charge >= 0.3 is 0 Å². The lowest BCUT2D eigenvalue weighted by Gasteiger charge is -2.10. The van der Waals surface area contributed by atoms with E-state index in [1.165, 1.54) is 0 Å². The molecule has 0 spiro atoms. The number of hydrogen-bond donors (Lipinski definition) is 0. The van der Waals surface area contributed by atoms with Crippen LogP contribution in [0.15, 0.2) is 48.5 Å². The molecule has 0 radical (unpaired) electrons. The van der Waals surface area contributed by atoms with Crippen molar-refractivity contribution in [3.05, 3.63) is 48.5 Å². The fourth-order valence-corrected chi connectivity index (χ4v) is 2.38. The Morgan fingerprint density at radius 1 is 0.938 bits per heavy atom. The molecule has 0 bridgehead atoms. The molecular formula is C15H15N. The van der Waals surface area contributed by atoms with Crippen molar-refractivity contribution in [3.8, 4) is 0 Å². The molecule has 0 saturated carbocycles. The molecule has 80 valence electrons. The van der Waals surface area contributed by atoms with Crippen LogP contribution in [0, 0.1) is 0 Å². The van der Waals surface area contributed by atoms with Crippen LogP contribution in [0.25, 0.3) is 21.8 Å². The number of nitrogens with zero attached hydrogens (tertiary/aromatic N) is 1. The second-order valence-corrected chi connectivity index (χ2v) is 4.35. The summed E-state index contributed by atoms with van der Waals surface area (Å²) in [5.74, 6) is 0. The van der Waals surface area contributed by atoms with Crippen molar-refractivity contribution in [2.45, 2.75) is 19.9 Å². The quantitative estimate of drug-likeness (QED) is 0.563. The molecule has 1 heterocycles. The van der Waals surface area contributed by atoms with Gasteiger partial charge in [0.15, 0.2) is 0 Å². The van der Waals surface area contributed by atoms with Gasteiger partial charge in [0, 0.05) is 27.8 Å². The summed E-state index contributed by atoms with van der Waals surface area (Å²) < 4.78 is 17.8. The molecule has 0 saturated heterocycles. The van der Waals surface area contributed by atoms with Gasteiger partial charge in [-0.25, -0.2) is 0 Å². The lowest BCUT2D eigenvalue weighted by molar-refractivity contribution is 0.642. The highest BCUT2D eigenvalue weighted by Crippen LogP contribution is 2.31. The van der Waals surface area contributed by atoms with Crippen molar-refractivity contribution in [2.75, 3.05) is 0 Å². The molecule has 16 heavy (non-hydrogen) atoms. The van der Waals surface area contributed by atoms with Gasteiger partial charge in [-0.1, -0.05) is 36.4 Å². The molecule has 2 aromatic carbocycles. The molecule has 0 unspecified atom stereocenters. The van der Waals surface area contributed by atoms with Gasteiger partial charge in [0.2, 0.25) is 0 Å². The summed E-state index contributed by atoms with van der Waals surface area (Å²) in [6, 6.07) is 12.8. The minimum Gasteiger partial charge on any atom is -0.338 e. The fourth-order valence-electron chi connectivity index (χ4n) is 2.38. The van der Waals surface area contributed by atoms with Crippen molar-refractivity contribution < 1.29 is 2.74 Å². The van der Waals surface area contributed by atoms with Crippen LogP contribution in [0.2, 0.25) is 0 Å². The molecule has 0 aliphatic heterocycles. The molecule has 0 fully saturated rings. The zero-order chi connectivity index (χ0) is 12.9. The third-order valence-electron chi connectivity index (χ3n) is 3.01. The Morgan fingerprint density at radius 3 is 1.88 bits per heavy atom. The minimum atomic E-state index is 0.359. The first-order valence-corrected chi connectivity index (χ1v) is 5.59. The highest BCUT2D eigenvalue weighted by molar-refractivity contribution is 6.08. The topological polar surface area (TPSA) is 4.93 Å². The number of para-hydroxylation sites is 2. The van der Waals surface area contributed by atoms with Crippen molar-refractivity contribution in [1.82, 2.24) is 4.57 Å². The van der Waals surface area contributed by atoms with Crippen LogP contribution in [0.1, 0.15) is 22.6 Å². The summed E-state index contributed by atoms with van der Waals surface area (Å²) in [4.78, 5) is 0. The van der Waals surface area contributed by atoms with Gasteiger partial charge in [-0.2, -0.15) is 0 Å². The van der Waals surface area contributed by atoms with E-state index in [-0.39, 0.29) is 0 Å². The molecule has 0 N–H and O–H groups in total. The average Bonchev–Trinajstić information content (AvgIpc) is 2.62. The molecule has 0 aliphatic carbocycles. The van der Waals surface area contributed by atoms with Gasteiger partial charge in [0.05, 0.1) is 2.74 Å². The van der Waals surface area contributed by atoms with Gasteiger partial charge in [-0.05, 0) is 26.0 Å². The van der Waals surface area contributed by atoms with Crippen LogP contribution < -0.4 is 0 Å². The predicted octanol–water partition coefficient (Wildman–Crippen LogP) is 4.38. The normalized spacial score (nSPS) is 13.4. The maximum atomic E-state index is 7.77. The number of benzene rings is 2. The summed E-state index contributed by atoms with van der Waals surface area (Å²) >= 11 is 0. The first-order chi connectivity index (χ1) is 8.58. The Balaban J connectivity index is 2.56. The Kier molecular flexibility index (Phi) is 1.58. The molecule has 1 nitrogen and oxygen atoms in total. The van der Waals surface area contributed by atoms with Crippen molar-refractivity contribution in [1.29, 1.82) is 0 Å². The van der Waals surface area contributed by atoms with Crippen LogP contribution in [0.4, 0.5) is 0 Å². The van der Waals surface area contributed by atoms with Crippen LogP contribution >= 0.6 is 0 Å². The molecule has 0 atom stereocenters. The molecule has 3 rings (SSSR count). The predicted molar refractivity (Wildman–Crippen MR) is 69.8 cm³/mol. The van der Waals surface area contributed by atoms with Crippen molar-refractivity contribution in [3.63, 3.8) is 0 Å². The first kappa shape index (κ1) is 7.50. The van der Waals surface area contributed by atoms with Gasteiger partial charge in [0.1, 0.15) is 0 Å². The van der Waals surface area contributed by atoms with E-state index in [9.17, 15) is 0 Å². The summed E-state index contributed by atoms with van der Waals surface area (Å²) in [5.41, 5.74) is 2.28. The molecule has 0 aliphatic rings. The number of fused-ring (bicyclic) bond motifs is 3. The molecule has 1 heteroatoms. The molecule has 3 aromatic rings. The van der Waals surface area contributed by atoms with Crippen molar-refractivity contribution >= 4 is 21.8 Å². The number of rotatable bonds is 1. The van der Waals surface area contributed by atoms with E-state index >= 15 is 0 Å². The monoisotopic (exact) mass is 211 g/mol. The highest BCUT2D eigenvalue weighted by atomic mass is 15.0. The smallest absolute Gasteiger partial charge is 0.0623 e. The number of aromatic nitrogens is 1. The van der Waals surface area contributed by atoms with E-state index in [0.717, 1.165) is 21.8 Å². The largest absolute Gasteiger partial charge is 0.338 e. The van der Waals surface area contributed by atoms with Gasteiger partial charge < -0.3 is 4.57 Å². The number of hydrogen-bond acceptors (Lipinski definition) is 0. The summed E-state index contributed by atoms with van der Waals surface area (Å²) in [6.45, 7) is 4.31. The Hall–Kier alpha value is -1.76. The third-order valence-corrected chi connectivity index (χ3v) is 3.01. The fraction of sp³-hybridized carbons (Fsp3) is 0.200. The third kappa shape index (κ3) is 1.18. The standard InChI is InChI=1S/C15H15N/c1-11(2)16-14-9-5-3-7-12(14)13-8-4-6-10-15(13)16/h3-11H,1-2H3/i3D,4D. The van der Waals surface area contributed by atoms with Gasteiger partial charge in [-0.15, -0.1) is 0 Å². The average molecular weight is 211 g/mol. The zero-order valence-corrected chi connectivity index (χ0v) is 9.49. The van der Waals surface area contributed by atoms with E-state index in [2.05, 4.69) is 18.4 Å². The van der Waals surface area contributed by atoms with E-state index in [1.54, 1.807) is 0 Å². The summed E-state index contributed by atoms with van der Waals surface area (Å²) in [6.07, 6.45) is 0. The van der Waals surface area contributed by atoms with Gasteiger partial charge in [0.25, 0.3) is 0 Å². The second kappa shape index (κ2) is 3.38. The summed E-state index contributed by atoms with van der Waals surface area (Å²) in [5, 5.41) is 2.14. The van der Waals surface area contributed by atoms with Crippen LogP contribution in [-0.4, -0.2) is 4.57 Å². The van der Waals surface area contributed by atoms with Gasteiger partial charge in [-0.3, -0.25) is 0 Å². The van der Waals surface area contributed by atoms with E-state index in [4.69, 9.17) is 2.74 Å². The maximum absolute atomic E-state index is 7.77. The van der Waals surface area contributed by atoms with E-state index in [0.29, 0.717) is 18.1 Å². The zero-order valence-electron chi connectivity index (χ0n) is 11.5. The van der Waals surface area contributed by atoms with E-state index in [1.807, 2.05) is 36.4 Å². The highest BCUT2D eigenvalue weighted by Gasteiger charge is 2.10. The lowest BCUT2D eigenvalue weighted by atomic mass is 10.2. The SMILES string of the molecule is [2H]c1ccc2c(c1)c1cc([2H])ccc1n2C(C)C. The Bertz CT molecular complexity index is 682. The van der Waals surface area contributed by atoms with Crippen LogP contribution in [-0.2, 0) is 0 Å². The molecular weight excluding hydrogens is 194 g/mol. The van der Waals surface area contributed by atoms with Crippen LogP contribution in [0.3, 0.4) is 0 Å².